The van der Waals surface area contributed by atoms with Crippen LogP contribution < -0.4 is 10.6 Å². The Bertz CT molecular complexity index is 328. The van der Waals surface area contributed by atoms with E-state index in [1.165, 1.54) is 0 Å². The average molecular weight is 285 g/mol. The number of likely N-dealkylation sites (tertiary alicyclic amines) is 1. The summed E-state index contributed by atoms with van der Waals surface area (Å²) in [4.78, 5) is 14.8. The van der Waals surface area contributed by atoms with E-state index in [2.05, 4.69) is 15.5 Å². The molecule has 0 bridgehead atoms. The Morgan fingerprint density at radius 3 is 2.55 bits per heavy atom. The minimum absolute atomic E-state index is 0.0633. The maximum Gasteiger partial charge on any atom is 0.237 e. The zero-order chi connectivity index (χ0) is 14.6. The monoisotopic (exact) mass is 285 g/mol. The van der Waals surface area contributed by atoms with Crippen molar-refractivity contribution in [2.24, 2.45) is 0 Å². The Hall–Kier alpha value is -0.690. The second-order valence-electron chi connectivity index (χ2n) is 6.24. The van der Waals surface area contributed by atoms with Gasteiger partial charge in [0, 0.05) is 6.04 Å². The van der Waals surface area contributed by atoms with Gasteiger partial charge in [-0.1, -0.05) is 0 Å². The van der Waals surface area contributed by atoms with Crippen molar-refractivity contribution in [2.75, 3.05) is 32.8 Å². The van der Waals surface area contributed by atoms with Gasteiger partial charge in [0.2, 0.25) is 5.91 Å². The van der Waals surface area contributed by atoms with Crippen LogP contribution in [0.3, 0.4) is 0 Å². The Morgan fingerprint density at radius 2 is 1.95 bits per heavy atom. The number of nitrogens with zero attached hydrogens (tertiary/aromatic N) is 1. The molecule has 1 unspecified atom stereocenters. The van der Waals surface area contributed by atoms with Gasteiger partial charge < -0.3 is 20.8 Å². The maximum absolute atomic E-state index is 12.4. The molecule has 1 amide bonds. The summed E-state index contributed by atoms with van der Waals surface area (Å²) in [5.74, 6) is -0.0633. The SMILES string of the molecule is CC(CO)(CO)NC(=O)C1CCCN1C1CCNCC1. The Kier molecular flexibility index (Phi) is 5.37. The Labute approximate surface area is 120 Å². The predicted molar refractivity (Wildman–Crippen MR) is 76.3 cm³/mol. The number of rotatable bonds is 5. The second-order valence-corrected chi connectivity index (χ2v) is 6.24. The van der Waals surface area contributed by atoms with Crippen molar-refractivity contribution >= 4 is 5.91 Å². The fourth-order valence-corrected chi connectivity index (χ4v) is 3.16. The fraction of sp³-hybridized carbons (Fsp3) is 0.929. The molecule has 0 aromatic carbocycles. The van der Waals surface area contributed by atoms with E-state index < -0.39 is 5.54 Å². The third kappa shape index (κ3) is 3.49. The molecule has 0 aromatic heterocycles. The van der Waals surface area contributed by atoms with E-state index >= 15 is 0 Å². The van der Waals surface area contributed by atoms with E-state index in [0.717, 1.165) is 45.3 Å². The second kappa shape index (κ2) is 6.85. The summed E-state index contributed by atoms with van der Waals surface area (Å²) in [6, 6.07) is 0.361. The third-order valence-electron chi connectivity index (χ3n) is 4.50. The lowest BCUT2D eigenvalue weighted by molar-refractivity contribution is -0.129. The minimum Gasteiger partial charge on any atom is -0.394 e. The molecule has 1 atom stereocenters. The van der Waals surface area contributed by atoms with Crippen LogP contribution in [-0.4, -0.2) is 71.5 Å². The van der Waals surface area contributed by atoms with Gasteiger partial charge in [0.25, 0.3) is 0 Å². The summed E-state index contributed by atoms with van der Waals surface area (Å²) in [5, 5.41) is 24.7. The van der Waals surface area contributed by atoms with Crippen molar-refractivity contribution in [1.29, 1.82) is 0 Å². The van der Waals surface area contributed by atoms with Gasteiger partial charge in [-0.05, 0) is 52.2 Å². The molecule has 6 nitrogen and oxygen atoms in total. The van der Waals surface area contributed by atoms with Gasteiger partial charge in [0.15, 0.2) is 0 Å². The molecule has 6 heteroatoms. The number of aliphatic hydroxyl groups excluding tert-OH is 2. The quantitative estimate of drug-likeness (QED) is 0.524. The Morgan fingerprint density at radius 1 is 1.30 bits per heavy atom. The van der Waals surface area contributed by atoms with Gasteiger partial charge in [-0.2, -0.15) is 0 Å². The van der Waals surface area contributed by atoms with Crippen molar-refractivity contribution in [3.8, 4) is 0 Å². The molecule has 2 rings (SSSR count). The number of carbonyl (C=O) groups excluding carboxylic acids is 1. The molecule has 0 aliphatic carbocycles. The van der Waals surface area contributed by atoms with Crippen LogP contribution in [0.1, 0.15) is 32.6 Å². The number of amides is 1. The highest BCUT2D eigenvalue weighted by molar-refractivity contribution is 5.82. The van der Waals surface area contributed by atoms with Gasteiger partial charge in [-0.15, -0.1) is 0 Å². The van der Waals surface area contributed by atoms with Crippen LogP contribution >= 0.6 is 0 Å². The molecule has 2 fully saturated rings. The molecule has 0 spiro atoms. The van der Waals surface area contributed by atoms with Gasteiger partial charge >= 0.3 is 0 Å². The molecule has 4 N–H and O–H groups in total. The summed E-state index contributed by atoms with van der Waals surface area (Å²) in [5.41, 5.74) is -0.931. The number of piperidine rings is 1. The fourth-order valence-electron chi connectivity index (χ4n) is 3.16. The number of aliphatic hydroxyl groups is 2. The topological polar surface area (TPSA) is 84.8 Å². The van der Waals surface area contributed by atoms with Crippen LogP contribution in [0.5, 0.6) is 0 Å². The maximum atomic E-state index is 12.4. The lowest BCUT2D eigenvalue weighted by atomic mass is 10.0. The highest BCUT2D eigenvalue weighted by Crippen LogP contribution is 2.25. The van der Waals surface area contributed by atoms with Crippen LogP contribution in [0.15, 0.2) is 0 Å². The molecule has 0 aromatic rings. The van der Waals surface area contributed by atoms with E-state index in [1.807, 2.05) is 0 Å². The van der Waals surface area contributed by atoms with Gasteiger partial charge in [0.1, 0.15) is 0 Å². The number of hydrogen-bond donors (Lipinski definition) is 4. The van der Waals surface area contributed by atoms with Crippen molar-refractivity contribution in [2.45, 2.75) is 50.2 Å². The van der Waals surface area contributed by atoms with Crippen LogP contribution in [-0.2, 0) is 4.79 Å². The number of nitrogens with one attached hydrogen (secondary N) is 2. The molecule has 2 heterocycles. The van der Waals surface area contributed by atoms with Crippen molar-refractivity contribution < 1.29 is 15.0 Å². The van der Waals surface area contributed by atoms with Crippen molar-refractivity contribution in [3.05, 3.63) is 0 Å². The smallest absolute Gasteiger partial charge is 0.237 e. The van der Waals surface area contributed by atoms with Crippen LogP contribution in [0.4, 0.5) is 0 Å². The summed E-state index contributed by atoms with van der Waals surface area (Å²) in [7, 11) is 0. The normalized spacial score (nSPS) is 25.9. The molecule has 2 aliphatic heterocycles. The van der Waals surface area contributed by atoms with Crippen molar-refractivity contribution in [1.82, 2.24) is 15.5 Å². The molecule has 0 saturated carbocycles. The van der Waals surface area contributed by atoms with Crippen LogP contribution in [0.2, 0.25) is 0 Å². The van der Waals surface area contributed by atoms with Crippen LogP contribution in [0, 0.1) is 0 Å². The predicted octanol–water partition coefficient (Wildman–Crippen LogP) is -0.938. The van der Waals surface area contributed by atoms with E-state index in [-0.39, 0.29) is 25.2 Å². The van der Waals surface area contributed by atoms with Gasteiger partial charge in [0.05, 0.1) is 24.8 Å². The van der Waals surface area contributed by atoms with Gasteiger partial charge in [-0.25, -0.2) is 0 Å². The number of carbonyl (C=O) groups is 1. The van der Waals surface area contributed by atoms with E-state index in [1.54, 1.807) is 6.92 Å². The molecule has 116 valence electrons. The molecule has 0 radical (unpaired) electrons. The molecule has 2 saturated heterocycles. The lowest BCUT2D eigenvalue weighted by Crippen LogP contribution is -2.58. The number of hydrogen-bond acceptors (Lipinski definition) is 5. The highest BCUT2D eigenvalue weighted by Gasteiger charge is 2.38. The first-order valence-electron chi connectivity index (χ1n) is 7.60. The molecular weight excluding hydrogens is 258 g/mol. The largest absolute Gasteiger partial charge is 0.394 e. The summed E-state index contributed by atoms with van der Waals surface area (Å²) >= 11 is 0. The lowest BCUT2D eigenvalue weighted by Gasteiger charge is -2.36. The summed E-state index contributed by atoms with van der Waals surface area (Å²) in [6.45, 7) is 4.15. The first kappa shape index (κ1) is 15.7. The molecular formula is C14H27N3O3. The van der Waals surface area contributed by atoms with E-state index in [0.29, 0.717) is 6.04 Å². The first-order valence-corrected chi connectivity index (χ1v) is 7.60. The van der Waals surface area contributed by atoms with E-state index in [9.17, 15) is 15.0 Å². The zero-order valence-electron chi connectivity index (χ0n) is 12.3. The Balaban J connectivity index is 1.97. The zero-order valence-corrected chi connectivity index (χ0v) is 12.3. The highest BCUT2D eigenvalue weighted by atomic mass is 16.3. The molecule has 2 aliphatic rings. The van der Waals surface area contributed by atoms with E-state index in [4.69, 9.17) is 0 Å². The standard InChI is InChI=1S/C14H27N3O3/c1-14(9-18,10-19)16-13(20)12-3-2-8-17(12)11-4-6-15-7-5-11/h11-12,15,18-19H,2-10H2,1H3,(H,16,20). The minimum atomic E-state index is -0.931. The third-order valence-corrected chi connectivity index (χ3v) is 4.50. The van der Waals surface area contributed by atoms with Crippen LogP contribution in [0.25, 0.3) is 0 Å². The molecule has 20 heavy (non-hydrogen) atoms. The van der Waals surface area contributed by atoms with Gasteiger partial charge in [-0.3, -0.25) is 9.69 Å². The first-order chi connectivity index (χ1) is 9.59. The average Bonchev–Trinajstić information content (AvgIpc) is 2.97. The summed E-state index contributed by atoms with van der Waals surface area (Å²) < 4.78 is 0. The summed E-state index contributed by atoms with van der Waals surface area (Å²) in [6.07, 6.45) is 4.07. The van der Waals surface area contributed by atoms with Crippen molar-refractivity contribution in [3.63, 3.8) is 0 Å².